The number of hydrogen-bond donors (Lipinski definition) is 1. The summed E-state index contributed by atoms with van der Waals surface area (Å²) in [5.41, 5.74) is 1.60. The van der Waals surface area contributed by atoms with Gasteiger partial charge >= 0.3 is 0 Å². The van der Waals surface area contributed by atoms with E-state index in [0.717, 1.165) is 28.5 Å². The van der Waals surface area contributed by atoms with Crippen LogP contribution in [-0.2, 0) is 6.42 Å². The van der Waals surface area contributed by atoms with Crippen LogP contribution in [0.5, 0.6) is 0 Å². The van der Waals surface area contributed by atoms with Crippen LogP contribution in [0, 0.1) is 5.41 Å². The first-order chi connectivity index (χ1) is 9.08. The van der Waals surface area contributed by atoms with Crippen LogP contribution in [0.2, 0.25) is 5.02 Å². The van der Waals surface area contributed by atoms with Crippen LogP contribution >= 0.6 is 27.5 Å². The molecule has 1 N–H and O–H groups in total. The van der Waals surface area contributed by atoms with E-state index in [4.69, 9.17) is 11.6 Å². The van der Waals surface area contributed by atoms with Gasteiger partial charge in [0.15, 0.2) is 0 Å². The molecule has 106 valence electrons. The van der Waals surface area contributed by atoms with Crippen molar-refractivity contribution >= 4 is 27.5 Å². The van der Waals surface area contributed by atoms with Gasteiger partial charge in [-0.15, -0.1) is 0 Å². The lowest BCUT2D eigenvalue weighted by Gasteiger charge is -2.33. The van der Waals surface area contributed by atoms with Gasteiger partial charge in [-0.1, -0.05) is 47.4 Å². The zero-order chi connectivity index (χ0) is 13.9. The van der Waals surface area contributed by atoms with E-state index in [2.05, 4.69) is 47.2 Å². The van der Waals surface area contributed by atoms with Crippen LogP contribution in [0.4, 0.5) is 0 Å². The summed E-state index contributed by atoms with van der Waals surface area (Å²) in [6, 6.07) is 7.02. The Hall–Kier alpha value is -0.0500. The fraction of sp³-hybridized carbons (Fsp3) is 0.625. The molecule has 0 aromatic heterocycles. The van der Waals surface area contributed by atoms with E-state index >= 15 is 0 Å². The second-order valence-electron chi connectivity index (χ2n) is 5.77. The molecule has 1 aliphatic rings. The summed E-state index contributed by atoms with van der Waals surface area (Å²) >= 11 is 9.85. The maximum Gasteiger partial charge on any atom is 0.0449 e. The topological polar surface area (TPSA) is 12.0 Å². The van der Waals surface area contributed by atoms with Gasteiger partial charge in [0.1, 0.15) is 0 Å². The largest absolute Gasteiger partial charge is 0.313 e. The second-order valence-corrected chi connectivity index (χ2v) is 7.10. The lowest BCUT2D eigenvalue weighted by atomic mass is 9.77. The monoisotopic (exact) mass is 343 g/mol. The maximum absolute atomic E-state index is 6.37. The van der Waals surface area contributed by atoms with E-state index in [1.807, 2.05) is 6.07 Å². The lowest BCUT2D eigenvalue weighted by Crippen LogP contribution is -2.36. The molecule has 0 radical (unpaired) electrons. The Bertz CT molecular complexity index is 425. The van der Waals surface area contributed by atoms with E-state index in [1.54, 1.807) is 0 Å². The highest BCUT2D eigenvalue weighted by Crippen LogP contribution is 2.34. The fourth-order valence-corrected chi connectivity index (χ4v) is 3.27. The summed E-state index contributed by atoms with van der Waals surface area (Å²) in [5, 5.41) is 4.58. The van der Waals surface area contributed by atoms with Crippen LogP contribution in [0.15, 0.2) is 22.7 Å². The number of hydrogen-bond acceptors (Lipinski definition) is 1. The molecule has 0 atom stereocenters. The van der Waals surface area contributed by atoms with Crippen LogP contribution in [0.25, 0.3) is 0 Å². The minimum Gasteiger partial charge on any atom is -0.313 e. The first-order valence-corrected chi connectivity index (χ1v) is 8.43. The Morgan fingerprint density at radius 1 is 1.32 bits per heavy atom. The average Bonchev–Trinajstić information content (AvgIpc) is 3.21. The molecule has 1 nitrogen and oxygen atoms in total. The quantitative estimate of drug-likeness (QED) is 0.716. The highest BCUT2D eigenvalue weighted by Gasteiger charge is 2.30. The van der Waals surface area contributed by atoms with Crippen molar-refractivity contribution in [2.75, 3.05) is 6.54 Å². The Morgan fingerprint density at radius 2 is 2.00 bits per heavy atom. The number of halogens is 2. The van der Waals surface area contributed by atoms with Crippen molar-refractivity contribution in [1.82, 2.24) is 5.32 Å². The average molecular weight is 345 g/mol. The third-order valence-corrected chi connectivity index (χ3v) is 5.27. The van der Waals surface area contributed by atoms with Gasteiger partial charge in [0.05, 0.1) is 0 Å². The molecule has 3 heteroatoms. The molecule has 0 amide bonds. The summed E-state index contributed by atoms with van der Waals surface area (Å²) in [7, 11) is 0. The molecule has 19 heavy (non-hydrogen) atoms. The molecule has 1 saturated carbocycles. The minimum absolute atomic E-state index is 0.333. The van der Waals surface area contributed by atoms with Gasteiger partial charge in [0.2, 0.25) is 0 Å². The van der Waals surface area contributed by atoms with Crippen LogP contribution in [0.3, 0.4) is 0 Å². The zero-order valence-electron chi connectivity index (χ0n) is 11.8. The zero-order valence-corrected chi connectivity index (χ0v) is 14.1. The first-order valence-electron chi connectivity index (χ1n) is 7.26. The number of nitrogens with one attached hydrogen (secondary N) is 1. The van der Waals surface area contributed by atoms with Gasteiger partial charge in [-0.3, -0.25) is 0 Å². The van der Waals surface area contributed by atoms with E-state index < -0.39 is 0 Å². The molecule has 1 aromatic rings. The SMILES string of the molecule is CCC(CC)(CNC1CC1)Cc1ccc(Br)cc1Cl. The van der Waals surface area contributed by atoms with E-state index in [1.165, 1.54) is 31.2 Å². The van der Waals surface area contributed by atoms with Crippen LogP contribution in [0.1, 0.15) is 45.1 Å². The molecule has 0 heterocycles. The Balaban J connectivity index is 2.09. The van der Waals surface area contributed by atoms with E-state index in [0.29, 0.717) is 5.41 Å². The van der Waals surface area contributed by atoms with Gasteiger partial charge in [-0.25, -0.2) is 0 Å². The minimum atomic E-state index is 0.333. The van der Waals surface area contributed by atoms with Crippen molar-refractivity contribution in [1.29, 1.82) is 0 Å². The third-order valence-electron chi connectivity index (χ3n) is 4.42. The first kappa shape index (κ1) is 15.3. The van der Waals surface area contributed by atoms with Crippen molar-refractivity contribution in [2.45, 2.75) is 52.0 Å². The Morgan fingerprint density at radius 3 is 2.53 bits per heavy atom. The molecule has 1 fully saturated rings. The second kappa shape index (κ2) is 6.60. The Kier molecular flexibility index (Phi) is 5.33. The number of rotatable bonds is 7. The van der Waals surface area contributed by atoms with Gasteiger partial charge in [-0.05, 0) is 55.2 Å². The maximum atomic E-state index is 6.37. The van der Waals surface area contributed by atoms with E-state index in [9.17, 15) is 0 Å². The molecule has 0 spiro atoms. The summed E-state index contributed by atoms with van der Waals surface area (Å²) in [5.74, 6) is 0. The van der Waals surface area contributed by atoms with Crippen LogP contribution < -0.4 is 5.32 Å². The molecule has 0 aliphatic heterocycles. The fourth-order valence-electron chi connectivity index (χ4n) is 2.53. The van der Waals surface area contributed by atoms with Crippen LogP contribution in [-0.4, -0.2) is 12.6 Å². The highest BCUT2D eigenvalue weighted by molar-refractivity contribution is 9.10. The van der Waals surface area contributed by atoms with Crippen molar-refractivity contribution in [2.24, 2.45) is 5.41 Å². The highest BCUT2D eigenvalue weighted by atomic mass is 79.9. The van der Waals surface area contributed by atoms with E-state index in [-0.39, 0.29) is 0 Å². The molecule has 0 bridgehead atoms. The van der Waals surface area contributed by atoms with Gasteiger partial charge < -0.3 is 5.32 Å². The number of benzene rings is 1. The Labute approximate surface area is 130 Å². The predicted octanol–water partition coefficient (Wildman–Crippen LogP) is 5.20. The summed E-state index contributed by atoms with van der Waals surface area (Å²) in [6.45, 7) is 5.70. The molecular formula is C16H23BrClN. The smallest absolute Gasteiger partial charge is 0.0449 e. The normalized spacial score (nSPS) is 15.8. The molecule has 1 aromatic carbocycles. The summed E-state index contributed by atoms with van der Waals surface area (Å²) in [6.07, 6.45) is 6.14. The molecule has 0 unspecified atom stereocenters. The standard InChI is InChI=1S/C16H23BrClN/c1-3-16(4-2,11-19-14-7-8-14)10-12-5-6-13(17)9-15(12)18/h5-6,9,14,19H,3-4,7-8,10-11H2,1-2H3. The van der Waals surface area contributed by atoms with Gasteiger partial charge in [-0.2, -0.15) is 0 Å². The van der Waals surface area contributed by atoms with Crippen molar-refractivity contribution in [3.8, 4) is 0 Å². The molecule has 0 saturated heterocycles. The molecule has 2 rings (SSSR count). The van der Waals surface area contributed by atoms with Crippen molar-refractivity contribution in [3.05, 3.63) is 33.3 Å². The summed E-state index contributed by atoms with van der Waals surface area (Å²) < 4.78 is 1.05. The van der Waals surface area contributed by atoms with Crippen molar-refractivity contribution in [3.63, 3.8) is 0 Å². The van der Waals surface area contributed by atoms with Crippen molar-refractivity contribution < 1.29 is 0 Å². The van der Waals surface area contributed by atoms with Gasteiger partial charge in [0, 0.05) is 22.1 Å². The molecular weight excluding hydrogens is 322 g/mol. The summed E-state index contributed by atoms with van der Waals surface area (Å²) in [4.78, 5) is 0. The predicted molar refractivity (Wildman–Crippen MR) is 86.9 cm³/mol. The molecule has 1 aliphatic carbocycles. The third kappa shape index (κ3) is 4.21. The van der Waals surface area contributed by atoms with Gasteiger partial charge in [0.25, 0.3) is 0 Å². The lowest BCUT2D eigenvalue weighted by molar-refractivity contribution is 0.245.